The van der Waals surface area contributed by atoms with Gasteiger partial charge in [-0.1, -0.05) is 0 Å². The predicted octanol–water partition coefficient (Wildman–Crippen LogP) is 0.983. The molecule has 2 fully saturated rings. The molecule has 1 amide bonds. The molecule has 6 heteroatoms. The molecule has 2 aliphatic heterocycles. The van der Waals surface area contributed by atoms with Crippen LogP contribution in [0.4, 0.5) is 5.69 Å². The first-order valence-electron chi connectivity index (χ1n) is 7.71. The molecule has 1 unspecified atom stereocenters. The third-order valence-electron chi connectivity index (χ3n) is 4.47. The zero-order valence-electron chi connectivity index (χ0n) is 12.3. The average Bonchev–Trinajstić information content (AvgIpc) is 2.52. The number of amides is 1. The molecule has 0 radical (unpaired) electrons. The Balaban J connectivity index is 1.63. The maximum Gasteiger partial charge on any atom is 0.365 e. The van der Waals surface area contributed by atoms with Gasteiger partial charge in [-0.25, -0.2) is 4.79 Å². The number of nitrogens with one attached hydrogen (secondary N) is 2. The van der Waals surface area contributed by atoms with Crippen LogP contribution in [0.25, 0.3) is 0 Å². The first-order valence-corrected chi connectivity index (χ1v) is 8.79. The molecule has 2 heterocycles. The molecule has 0 saturated carbocycles. The van der Waals surface area contributed by atoms with Crippen LogP contribution in [-0.2, 0) is 14.3 Å². The van der Waals surface area contributed by atoms with E-state index in [1.165, 1.54) is 11.3 Å². The Labute approximate surface area is 143 Å². The van der Waals surface area contributed by atoms with Gasteiger partial charge in [-0.3, -0.25) is 4.79 Å². The van der Waals surface area contributed by atoms with Crippen molar-refractivity contribution in [3.63, 3.8) is 0 Å². The molecule has 2 saturated heterocycles. The lowest BCUT2D eigenvalue weighted by Gasteiger charge is -2.40. The highest BCUT2D eigenvalue weighted by Gasteiger charge is 2.43. The van der Waals surface area contributed by atoms with E-state index in [2.05, 4.69) is 27.9 Å². The van der Waals surface area contributed by atoms with Gasteiger partial charge < -0.3 is 15.0 Å². The Morgan fingerprint density at radius 3 is 2.86 bits per heavy atom. The van der Waals surface area contributed by atoms with Crippen molar-refractivity contribution in [2.75, 3.05) is 18.5 Å². The van der Waals surface area contributed by atoms with Crippen LogP contribution in [0.15, 0.2) is 24.3 Å². The van der Waals surface area contributed by atoms with Crippen molar-refractivity contribution < 1.29 is 19.2 Å². The summed E-state index contributed by atoms with van der Waals surface area (Å²) in [4.78, 5) is 25.5. The normalized spacial score (nSPS) is 27.7. The van der Waals surface area contributed by atoms with Crippen LogP contribution in [0.5, 0.6) is 0 Å². The fourth-order valence-electron chi connectivity index (χ4n) is 3.34. The maximum atomic E-state index is 12.3. The van der Waals surface area contributed by atoms with Gasteiger partial charge in [-0.05, 0) is 59.7 Å². The molecule has 3 rings (SSSR count). The predicted molar refractivity (Wildman–Crippen MR) is 90.6 cm³/mol. The van der Waals surface area contributed by atoms with E-state index >= 15 is 0 Å². The van der Waals surface area contributed by atoms with Crippen LogP contribution in [0.2, 0.25) is 0 Å². The minimum atomic E-state index is -0.358. The summed E-state index contributed by atoms with van der Waals surface area (Å²) in [6.45, 7) is 1.46. The third kappa shape index (κ3) is 3.60. The minimum absolute atomic E-state index is 0.123. The minimum Gasteiger partial charge on any atom is -0.455 e. The lowest BCUT2D eigenvalue weighted by molar-refractivity contribution is -0.951. The molecular weight excluding hydrogens is 395 g/mol. The summed E-state index contributed by atoms with van der Waals surface area (Å²) in [5.74, 6) is -0.354. The number of hydrogen-bond donors (Lipinski definition) is 2. The van der Waals surface area contributed by atoms with Gasteiger partial charge in [0.05, 0.1) is 13.0 Å². The Hall–Kier alpha value is -1.15. The maximum absolute atomic E-state index is 12.3. The fourth-order valence-corrected chi connectivity index (χ4v) is 3.70. The van der Waals surface area contributed by atoms with Crippen LogP contribution < -0.4 is 10.2 Å². The number of cyclic esters (lactones) is 1. The molecule has 3 atom stereocenters. The average molecular weight is 415 g/mol. The van der Waals surface area contributed by atoms with Crippen molar-refractivity contribution in [3.8, 4) is 0 Å². The van der Waals surface area contributed by atoms with E-state index in [0.29, 0.717) is 12.6 Å². The quantitative estimate of drug-likeness (QED) is 0.572. The number of halogens is 1. The molecule has 2 N–H and O–H groups in total. The molecule has 2 aliphatic rings. The molecule has 0 aliphatic carbocycles. The summed E-state index contributed by atoms with van der Waals surface area (Å²) < 4.78 is 6.40. The molecule has 118 valence electrons. The standard InChI is InChI=1S/C16H19IN2O3/c17-11-4-6-12(7-5-11)18-15(20)9-14-16(21)22-10-13-3-1-2-8-19(13)14/h4-7,13-14H,1-3,8-10H2,(H,18,20)/p+1/t13-,14-/m1/s1. The number of piperidine rings is 1. The van der Waals surface area contributed by atoms with Crippen LogP contribution in [-0.4, -0.2) is 37.1 Å². The monoisotopic (exact) mass is 415 g/mol. The number of anilines is 1. The summed E-state index contributed by atoms with van der Waals surface area (Å²) >= 11 is 2.22. The second kappa shape index (κ2) is 6.95. The van der Waals surface area contributed by atoms with Gasteiger partial charge in [0.2, 0.25) is 5.91 Å². The number of esters is 1. The number of carbonyl (C=O) groups excluding carboxylic acids is 2. The number of carbonyl (C=O) groups is 2. The van der Waals surface area contributed by atoms with Crippen molar-refractivity contribution in [1.29, 1.82) is 0 Å². The van der Waals surface area contributed by atoms with Gasteiger partial charge in [-0.15, -0.1) is 0 Å². The molecule has 1 aromatic rings. The number of quaternary nitrogens is 1. The number of benzene rings is 1. The van der Waals surface area contributed by atoms with Crippen molar-refractivity contribution in [2.24, 2.45) is 0 Å². The Morgan fingerprint density at radius 1 is 1.32 bits per heavy atom. The van der Waals surface area contributed by atoms with Gasteiger partial charge in [0, 0.05) is 15.7 Å². The van der Waals surface area contributed by atoms with Crippen LogP contribution in [0, 0.1) is 3.57 Å². The topological polar surface area (TPSA) is 59.8 Å². The lowest BCUT2D eigenvalue weighted by Crippen LogP contribution is -3.22. The smallest absolute Gasteiger partial charge is 0.365 e. The summed E-state index contributed by atoms with van der Waals surface area (Å²) in [6, 6.07) is 7.63. The van der Waals surface area contributed by atoms with E-state index in [1.807, 2.05) is 24.3 Å². The number of rotatable bonds is 3. The first-order chi connectivity index (χ1) is 10.6. The summed E-state index contributed by atoms with van der Waals surface area (Å²) in [5, 5.41) is 2.87. The van der Waals surface area contributed by atoms with E-state index in [9.17, 15) is 9.59 Å². The highest BCUT2D eigenvalue weighted by Crippen LogP contribution is 2.13. The SMILES string of the molecule is O=C(C[C@@H]1C(=O)OC[C@H]2CCCC[NH+]21)Nc1ccc(I)cc1. The number of fused-ring (bicyclic) bond motifs is 1. The van der Waals surface area contributed by atoms with E-state index < -0.39 is 0 Å². The summed E-state index contributed by atoms with van der Waals surface area (Å²) in [6.07, 6.45) is 3.58. The molecule has 0 bridgehead atoms. The van der Waals surface area contributed by atoms with Crippen LogP contribution >= 0.6 is 22.6 Å². The fraction of sp³-hybridized carbons (Fsp3) is 0.500. The largest absolute Gasteiger partial charge is 0.455 e. The number of ether oxygens (including phenoxy) is 1. The van der Waals surface area contributed by atoms with E-state index in [4.69, 9.17) is 4.74 Å². The van der Waals surface area contributed by atoms with Crippen molar-refractivity contribution in [1.82, 2.24) is 0 Å². The highest BCUT2D eigenvalue weighted by molar-refractivity contribution is 14.1. The number of morpholine rings is 1. The molecule has 5 nitrogen and oxygen atoms in total. The van der Waals surface area contributed by atoms with Crippen LogP contribution in [0.3, 0.4) is 0 Å². The van der Waals surface area contributed by atoms with Crippen molar-refractivity contribution in [3.05, 3.63) is 27.8 Å². The second-order valence-electron chi connectivity index (χ2n) is 5.96. The van der Waals surface area contributed by atoms with Gasteiger partial charge in [-0.2, -0.15) is 0 Å². The van der Waals surface area contributed by atoms with Gasteiger partial charge in [0.1, 0.15) is 12.6 Å². The summed E-state index contributed by atoms with van der Waals surface area (Å²) in [5.41, 5.74) is 0.764. The van der Waals surface area contributed by atoms with Gasteiger partial charge in [0.25, 0.3) is 0 Å². The van der Waals surface area contributed by atoms with E-state index in [1.54, 1.807) is 0 Å². The Bertz CT molecular complexity index is 561. The van der Waals surface area contributed by atoms with Crippen molar-refractivity contribution >= 4 is 40.2 Å². The second-order valence-corrected chi connectivity index (χ2v) is 7.21. The lowest BCUT2D eigenvalue weighted by atomic mass is 9.97. The molecule has 0 spiro atoms. The molecule has 1 aromatic carbocycles. The number of hydrogen-bond acceptors (Lipinski definition) is 3. The molecular formula is C16H20IN2O3+. The zero-order valence-corrected chi connectivity index (χ0v) is 14.5. The Kier molecular flexibility index (Phi) is 4.97. The molecule has 22 heavy (non-hydrogen) atoms. The van der Waals surface area contributed by atoms with Gasteiger partial charge >= 0.3 is 5.97 Å². The first kappa shape index (κ1) is 15.7. The summed E-state index contributed by atoms with van der Waals surface area (Å²) in [7, 11) is 0. The zero-order chi connectivity index (χ0) is 15.5. The molecule has 0 aromatic heterocycles. The van der Waals surface area contributed by atoms with Crippen LogP contribution in [0.1, 0.15) is 25.7 Å². The van der Waals surface area contributed by atoms with Gasteiger partial charge in [0.15, 0.2) is 6.04 Å². The van der Waals surface area contributed by atoms with E-state index in [-0.39, 0.29) is 24.3 Å². The third-order valence-corrected chi connectivity index (χ3v) is 5.19. The Morgan fingerprint density at radius 2 is 2.09 bits per heavy atom. The highest BCUT2D eigenvalue weighted by atomic mass is 127. The van der Waals surface area contributed by atoms with Crippen molar-refractivity contribution in [2.45, 2.75) is 37.8 Å². The van der Waals surface area contributed by atoms with E-state index in [0.717, 1.165) is 28.6 Å².